The Kier molecular flexibility index (Phi) is 4.39. The van der Waals surface area contributed by atoms with Crippen molar-refractivity contribution in [2.24, 2.45) is 5.92 Å². The normalized spacial score (nSPS) is 22.9. The lowest BCUT2D eigenvalue weighted by molar-refractivity contribution is -0.385. The van der Waals surface area contributed by atoms with E-state index in [9.17, 15) is 18.5 Å². The van der Waals surface area contributed by atoms with Crippen molar-refractivity contribution in [1.82, 2.24) is 4.72 Å². The van der Waals surface area contributed by atoms with Crippen LogP contribution < -0.4 is 4.72 Å². The van der Waals surface area contributed by atoms with Gasteiger partial charge in [-0.15, -0.1) is 0 Å². The third kappa shape index (κ3) is 3.77. The van der Waals surface area contributed by atoms with Gasteiger partial charge in [0, 0.05) is 17.7 Å². The minimum atomic E-state index is -3.55. The van der Waals surface area contributed by atoms with Crippen LogP contribution in [-0.4, -0.2) is 19.4 Å². The van der Waals surface area contributed by atoms with Gasteiger partial charge in [-0.1, -0.05) is 25.1 Å². The number of sulfonamides is 1. The van der Waals surface area contributed by atoms with Crippen LogP contribution in [0.25, 0.3) is 0 Å². The molecule has 0 saturated heterocycles. The Morgan fingerprint density at radius 2 is 2.05 bits per heavy atom. The maximum Gasteiger partial charge on any atom is 0.273 e. The minimum absolute atomic E-state index is 0.0437. The highest BCUT2D eigenvalue weighted by atomic mass is 32.2. The molecule has 1 aliphatic carbocycles. The smallest absolute Gasteiger partial charge is 0.258 e. The third-order valence-electron chi connectivity index (χ3n) is 3.57. The molecular formula is C13H18N2O4S. The van der Waals surface area contributed by atoms with Crippen molar-refractivity contribution >= 4 is 15.7 Å². The molecule has 0 amide bonds. The number of rotatable bonds is 5. The zero-order valence-corrected chi connectivity index (χ0v) is 12.1. The fraction of sp³-hybridized carbons (Fsp3) is 0.538. The number of nitro groups is 1. The van der Waals surface area contributed by atoms with Crippen LogP contribution in [0.3, 0.4) is 0 Å². The molecule has 1 aliphatic rings. The van der Waals surface area contributed by atoms with Gasteiger partial charge in [-0.25, -0.2) is 13.1 Å². The molecule has 0 aromatic heterocycles. The first kappa shape index (κ1) is 14.9. The van der Waals surface area contributed by atoms with Crippen LogP contribution in [-0.2, 0) is 15.8 Å². The van der Waals surface area contributed by atoms with E-state index in [1.54, 1.807) is 6.07 Å². The molecular weight excluding hydrogens is 280 g/mol. The summed E-state index contributed by atoms with van der Waals surface area (Å²) in [5.74, 6) is 0.170. The summed E-state index contributed by atoms with van der Waals surface area (Å²) in [6.07, 6.45) is 2.67. The van der Waals surface area contributed by atoms with Gasteiger partial charge in [-0.2, -0.15) is 0 Å². The van der Waals surface area contributed by atoms with E-state index in [1.165, 1.54) is 18.2 Å². The van der Waals surface area contributed by atoms with Gasteiger partial charge in [0.25, 0.3) is 5.69 Å². The Hall–Kier alpha value is -1.47. The van der Waals surface area contributed by atoms with Crippen LogP contribution in [0.1, 0.15) is 31.7 Å². The summed E-state index contributed by atoms with van der Waals surface area (Å²) in [5, 5.41) is 10.9. The Labute approximate surface area is 118 Å². The van der Waals surface area contributed by atoms with E-state index in [4.69, 9.17) is 0 Å². The molecule has 1 N–H and O–H groups in total. The van der Waals surface area contributed by atoms with Crippen molar-refractivity contribution in [1.29, 1.82) is 0 Å². The average Bonchev–Trinajstić information content (AvgIpc) is 2.73. The molecule has 2 atom stereocenters. The van der Waals surface area contributed by atoms with E-state index in [-0.39, 0.29) is 23.0 Å². The monoisotopic (exact) mass is 298 g/mol. The second-order valence-corrected chi connectivity index (χ2v) is 7.13. The number of hydrogen-bond acceptors (Lipinski definition) is 4. The maximum absolute atomic E-state index is 12.1. The number of benzene rings is 1. The maximum atomic E-state index is 12.1. The molecule has 20 heavy (non-hydrogen) atoms. The fourth-order valence-electron chi connectivity index (χ4n) is 2.63. The molecule has 110 valence electrons. The Bertz CT molecular complexity index is 600. The first-order valence-electron chi connectivity index (χ1n) is 6.59. The topological polar surface area (TPSA) is 89.3 Å². The summed E-state index contributed by atoms with van der Waals surface area (Å²) in [7, 11) is -3.55. The van der Waals surface area contributed by atoms with Crippen LogP contribution >= 0.6 is 0 Å². The number of nitrogens with one attached hydrogen (secondary N) is 1. The van der Waals surface area contributed by atoms with Gasteiger partial charge in [0.15, 0.2) is 0 Å². The van der Waals surface area contributed by atoms with Gasteiger partial charge in [0.2, 0.25) is 10.0 Å². The minimum Gasteiger partial charge on any atom is -0.258 e. The molecule has 1 aromatic rings. The predicted molar refractivity (Wildman–Crippen MR) is 75.7 cm³/mol. The molecule has 1 fully saturated rings. The van der Waals surface area contributed by atoms with Crippen molar-refractivity contribution in [2.45, 2.75) is 38.0 Å². The van der Waals surface area contributed by atoms with Crippen LogP contribution in [0.2, 0.25) is 0 Å². The van der Waals surface area contributed by atoms with E-state index >= 15 is 0 Å². The molecule has 6 nitrogen and oxygen atoms in total. The average molecular weight is 298 g/mol. The second kappa shape index (κ2) is 5.88. The van der Waals surface area contributed by atoms with Gasteiger partial charge in [-0.3, -0.25) is 10.1 Å². The standard InChI is InChI=1S/C13H18N2O4S/c1-10-6-7-12(8-10)14-20(18,19)9-11-4-2-3-5-13(11)15(16)17/h2-5,10,12,14H,6-9H2,1H3. The fourth-order valence-corrected chi connectivity index (χ4v) is 4.08. The summed E-state index contributed by atoms with van der Waals surface area (Å²) >= 11 is 0. The third-order valence-corrected chi connectivity index (χ3v) is 4.96. The number of para-hydroxylation sites is 1. The largest absolute Gasteiger partial charge is 0.273 e. The summed E-state index contributed by atoms with van der Waals surface area (Å²) in [6.45, 7) is 2.09. The summed E-state index contributed by atoms with van der Waals surface area (Å²) in [4.78, 5) is 10.3. The van der Waals surface area contributed by atoms with Crippen molar-refractivity contribution < 1.29 is 13.3 Å². The van der Waals surface area contributed by atoms with Crippen molar-refractivity contribution in [2.75, 3.05) is 0 Å². The SMILES string of the molecule is CC1CCC(NS(=O)(=O)Cc2ccccc2[N+](=O)[O-])C1. The van der Waals surface area contributed by atoms with E-state index in [0.29, 0.717) is 5.92 Å². The molecule has 0 radical (unpaired) electrons. The Morgan fingerprint density at radius 3 is 2.65 bits per heavy atom. The van der Waals surface area contributed by atoms with Crippen molar-refractivity contribution in [3.8, 4) is 0 Å². The molecule has 1 saturated carbocycles. The van der Waals surface area contributed by atoms with Gasteiger partial charge in [0.05, 0.1) is 10.7 Å². The quantitative estimate of drug-likeness (QED) is 0.666. The highest BCUT2D eigenvalue weighted by molar-refractivity contribution is 7.88. The Morgan fingerprint density at radius 1 is 1.35 bits per heavy atom. The van der Waals surface area contributed by atoms with Gasteiger partial charge in [0.1, 0.15) is 0 Å². The summed E-state index contributed by atoms with van der Waals surface area (Å²) in [5.41, 5.74) is 0.0636. The number of hydrogen-bond donors (Lipinski definition) is 1. The van der Waals surface area contributed by atoms with Crippen molar-refractivity contribution in [3.63, 3.8) is 0 Å². The molecule has 0 heterocycles. The predicted octanol–water partition coefficient (Wildman–Crippen LogP) is 2.20. The van der Waals surface area contributed by atoms with E-state index in [0.717, 1.165) is 19.3 Å². The number of nitrogens with zero attached hydrogens (tertiary/aromatic N) is 1. The highest BCUT2D eigenvalue weighted by Crippen LogP contribution is 2.26. The first-order chi connectivity index (χ1) is 9.37. The lowest BCUT2D eigenvalue weighted by atomic mass is 10.1. The molecule has 0 spiro atoms. The van der Waals surface area contributed by atoms with Crippen LogP contribution in [0, 0.1) is 16.0 Å². The van der Waals surface area contributed by atoms with Gasteiger partial charge in [-0.05, 0) is 25.2 Å². The molecule has 1 aromatic carbocycles. The second-order valence-electron chi connectivity index (χ2n) is 5.38. The van der Waals surface area contributed by atoms with Gasteiger partial charge < -0.3 is 0 Å². The highest BCUT2D eigenvalue weighted by Gasteiger charge is 2.27. The van der Waals surface area contributed by atoms with Crippen LogP contribution in [0.4, 0.5) is 5.69 Å². The Balaban J connectivity index is 2.10. The van der Waals surface area contributed by atoms with Crippen LogP contribution in [0.15, 0.2) is 24.3 Å². The van der Waals surface area contributed by atoms with Crippen molar-refractivity contribution in [3.05, 3.63) is 39.9 Å². The summed E-state index contributed by atoms with van der Waals surface area (Å²) in [6, 6.07) is 5.89. The molecule has 0 aliphatic heterocycles. The zero-order chi connectivity index (χ0) is 14.8. The molecule has 0 bridgehead atoms. The molecule has 7 heteroatoms. The lowest BCUT2D eigenvalue weighted by Crippen LogP contribution is -2.34. The molecule has 2 unspecified atom stereocenters. The summed E-state index contributed by atoms with van der Waals surface area (Å²) < 4.78 is 26.9. The van der Waals surface area contributed by atoms with E-state index < -0.39 is 14.9 Å². The number of nitro benzene ring substituents is 1. The van der Waals surface area contributed by atoms with Gasteiger partial charge >= 0.3 is 0 Å². The molecule has 2 rings (SSSR count). The zero-order valence-electron chi connectivity index (χ0n) is 11.3. The van der Waals surface area contributed by atoms with E-state index in [2.05, 4.69) is 11.6 Å². The van der Waals surface area contributed by atoms with Crippen LogP contribution in [0.5, 0.6) is 0 Å². The van der Waals surface area contributed by atoms with E-state index in [1.807, 2.05) is 0 Å². The first-order valence-corrected chi connectivity index (χ1v) is 8.25. The lowest BCUT2D eigenvalue weighted by Gasteiger charge is -2.13.